The summed E-state index contributed by atoms with van der Waals surface area (Å²) < 4.78 is 14.4. The van der Waals surface area contributed by atoms with Gasteiger partial charge in [-0.25, -0.2) is 19.3 Å². The summed E-state index contributed by atoms with van der Waals surface area (Å²) in [7, 11) is 1.70. The first kappa shape index (κ1) is 31.0. The molecule has 12 nitrogen and oxygen atoms in total. The maximum absolute atomic E-state index is 9.77. The van der Waals surface area contributed by atoms with Gasteiger partial charge in [-0.15, -0.1) is 11.3 Å². The molecule has 2 unspecified atom stereocenters. The van der Waals surface area contributed by atoms with Crippen molar-refractivity contribution in [3.63, 3.8) is 0 Å². The molecule has 2 aliphatic heterocycles. The topological polar surface area (TPSA) is 167 Å². The number of fused-ring (bicyclic) bond motifs is 2. The van der Waals surface area contributed by atoms with Gasteiger partial charge in [0.05, 0.1) is 23.2 Å². The fraction of sp³-hybridized carbons (Fsp3) is 0.481. The van der Waals surface area contributed by atoms with Crippen molar-refractivity contribution in [2.24, 2.45) is 0 Å². The van der Waals surface area contributed by atoms with Gasteiger partial charge in [0.1, 0.15) is 5.60 Å². The lowest BCUT2D eigenvalue weighted by molar-refractivity contribution is -0.165. The van der Waals surface area contributed by atoms with Gasteiger partial charge >= 0.3 is 11.9 Å². The number of rotatable bonds is 8. The van der Waals surface area contributed by atoms with E-state index in [9.17, 15) is 9.59 Å². The number of aliphatic hydroxyl groups is 2. The Bertz CT molecular complexity index is 1350. The lowest BCUT2D eigenvalue weighted by atomic mass is 9.85. The zero-order valence-electron chi connectivity index (χ0n) is 22.7. The summed E-state index contributed by atoms with van der Waals surface area (Å²) in [6.45, 7) is 6.25. The van der Waals surface area contributed by atoms with Gasteiger partial charge in [0.2, 0.25) is 0 Å². The fourth-order valence-corrected chi connectivity index (χ4v) is 6.51. The molecule has 4 N–H and O–H groups in total. The number of thiophene rings is 1. The maximum Gasteiger partial charge on any atom is 0.335 e. The van der Waals surface area contributed by atoms with E-state index in [1.54, 1.807) is 24.6 Å². The monoisotopic (exact) mass is 608 g/mol. The second-order valence-electron chi connectivity index (χ2n) is 9.94. The van der Waals surface area contributed by atoms with Crippen molar-refractivity contribution < 1.29 is 39.5 Å². The van der Waals surface area contributed by atoms with Crippen LogP contribution in [0, 0.1) is 6.92 Å². The number of carboxylic acid groups (broad SMARTS) is 2. The summed E-state index contributed by atoms with van der Waals surface area (Å²) in [5, 5.41) is 37.3. The highest BCUT2D eigenvalue weighted by atomic mass is 35.5. The normalized spacial score (nSPS) is 17.8. The molecule has 14 heteroatoms. The molecule has 0 aliphatic carbocycles. The largest absolute Gasteiger partial charge is 0.479 e. The molecule has 5 rings (SSSR count). The van der Waals surface area contributed by atoms with Crippen molar-refractivity contribution in [1.82, 2.24) is 19.7 Å². The average molecular weight is 609 g/mol. The van der Waals surface area contributed by atoms with Crippen LogP contribution in [-0.4, -0.2) is 91.0 Å². The highest BCUT2D eigenvalue weighted by molar-refractivity contribution is 7.16. The zero-order valence-corrected chi connectivity index (χ0v) is 24.3. The smallest absolute Gasteiger partial charge is 0.335 e. The maximum atomic E-state index is 9.77. The number of likely N-dealkylation sites (tertiary alicyclic amines) is 1. The summed E-state index contributed by atoms with van der Waals surface area (Å²) in [4.78, 5) is 27.9. The van der Waals surface area contributed by atoms with E-state index in [4.69, 9.17) is 46.6 Å². The van der Waals surface area contributed by atoms with Crippen LogP contribution in [0.25, 0.3) is 5.82 Å². The number of piperidine rings is 1. The summed E-state index contributed by atoms with van der Waals surface area (Å²) >= 11 is 8.02. The first-order chi connectivity index (χ1) is 19.5. The van der Waals surface area contributed by atoms with Crippen molar-refractivity contribution in [2.75, 3.05) is 26.8 Å². The van der Waals surface area contributed by atoms with E-state index in [1.807, 2.05) is 16.8 Å². The van der Waals surface area contributed by atoms with Crippen molar-refractivity contribution in [2.45, 2.75) is 57.1 Å². The predicted octanol–water partition coefficient (Wildman–Crippen LogP) is 2.38. The summed E-state index contributed by atoms with van der Waals surface area (Å²) in [5.41, 5.74) is 4.53. The molecule has 2 aliphatic rings. The highest BCUT2D eigenvalue weighted by Gasteiger charge is 2.42. The quantitative estimate of drug-likeness (QED) is 0.296. The van der Waals surface area contributed by atoms with E-state index in [1.165, 1.54) is 16.0 Å². The molecule has 0 bridgehead atoms. The van der Waals surface area contributed by atoms with E-state index in [0.29, 0.717) is 6.61 Å². The molecule has 2 atom stereocenters. The Morgan fingerprint density at radius 1 is 1.20 bits per heavy atom. The Morgan fingerprint density at radius 3 is 2.51 bits per heavy atom. The molecular weight excluding hydrogens is 576 g/mol. The van der Waals surface area contributed by atoms with Crippen molar-refractivity contribution in [1.29, 1.82) is 0 Å². The zero-order chi connectivity index (χ0) is 29.7. The Labute approximate surface area is 245 Å². The minimum Gasteiger partial charge on any atom is -0.479 e. The van der Waals surface area contributed by atoms with Crippen LogP contribution in [0.5, 0.6) is 0 Å². The molecular formula is C27H33ClN4O8S. The molecule has 0 aromatic carbocycles. The number of methoxy groups -OCH3 is 1. The van der Waals surface area contributed by atoms with Gasteiger partial charge in [0.15, 0.2) is 18.0 Å². The molecule has 41 heavy (non-hydrogen) atoms. The third kappa shape index (κ3) is 7.12. The number of halogens is 1. The van der Waals surface area contributed by atoms with Gasteiger partial charge in [0.25, 0.3) is 0 Å². The van der Waals surface area contributed by atoms with Crippen LogP contribution in [0.4, 0.5) is 0 Å². The van der Waals surface area contributed by atoms with Crippen LogP contribution in [0.1, 0.15) is 40.1 Å². The van der Waals surface area contributed by atoms with Crippen molar-refractivity contribution in [3.05, 3.63) is 62.2 Å². The minimum absolute atomic E-state index is 0.149. The van der Waals surface area contributed by atoms with Crippen LogP contribution in [0.2, 0.25) is 4.34 Å². The number of hydrogen-bond acceptors (Lipinski definition) is 10. The lowest BCUT2D eigenvalue weighted by Crippen LogP contribution is -2.45. The van der Waals surface area contributed by atoms with E-state index >= 15 is 0 Å². The number of aliphatic hydroxyl groups excluding tert-OH is 2. The van der Waals surface area contributed by atoms with Gasteiger partial charge in [-0.3, -0.25) is 4.90 Å². The van der Waals surface area contributed by atoms with E-state index < -0.39 is 24.1 Å². The average Bonchev–Trinajstić information content (AvgIpc) is 3.52. The molecule has 3 aromatic rings. The number of pyridine rings is 1. The number of nitrogens with zero attached hydrogens (tertiary/aromatic N) is 4. The first-order valence-electron chi connectivity index (χ1n) is 13.0. The standard InChI is InChI=1S/C23H27ClN4O2S.C4H6O6/c1-16-19(14-28(26-16)22-18(15-29-2)4-3-8-25-22)13-27-9-6-23(7-10-27)21-17(5-11-30-23)12-20(24)31-21;5-1(3(7)8)2(6)4(9)10/h3-4,8,12,14H,5-7,9-11,13,15H2,1-2H3;1-2,5-6H,(H,7,8)(H,9,10). The molecule has 0 radical (unpaired) electrons. The molecule has 1 fully saturated rings. The molecule has 1 spiro atoms. The van der Waals surface area contributed by atoms with E-state index in [-0.39, 0.29) is 5.60 Å². The minimum atomic E-state index is -2.27. The van der Waals surface area contributed by atoms with Crippen molar-refractivity contribution in [3.8, 4) is 5.82 Å². The van der Waals surface area contributed by atoms with Crippen LogP contribution in [0.15, 0.2) is 30.6 Å². The third-order valence-electron chi connectivity index (χ3n) is 7.19. The van der Waals surface area contributed by atoms with Crippen molar-refractivity contribution >= 4 is 34.9 Å². The van der Waals surface area contributed by atoms with Gasteiger partial charge in [-0.05, 0) is 43.9 Å². The number of aryl methyl sites for hydroxylation is 1. The first-order valence-corrected chi connectivity index (χ1v) is 14.2. The Morgan fingerprint density at radius 2 is 1.88 bits per heavy atom. The van der Waals surface area contributed by atoms with Gasteiger partial charge in [-0.2, -0.15) is 5.10 Å². The summed E-state index contributed by atoms with van der Waals surface area (Å²) in [5.74, 6) is -2.71. The number of hydrogen-bond donors (Lipinski definition) is 4. The Balaban J connectivity index is 0.000000334. The second-order valence-corrected chi connectivity index (χ2v) is 11.6. The predicted molar refractivity (Wildman–Crippen MR) is 149 cm³/mol. The van der Waals surface area contributed by atoms with E-state index in [2.05, 4.69) is 29.1 Å². The van der Waals surface area contributed by atoms with Gasteiger partial charge in [0, 0.05) is 55.1 Å². The number of aromatic nitrogens is 3. The Kier molecular flexibility index (Phi) is 10.1. The summed E-state index contributed by atoms with van der Waals surface area (Å²) in [6, 6.07) is 6.09. The third-order valence-corrected chi connectivity index (χ3v) is 8.68. The van der Waals surface area contributed by atoms with Crippen LogP contribution >= 0.6 is 22.9 Å². The van der Waals surface area contributed by atoms with Gasteiger partial charge in [-0.1, -0.05) is 17.7 Å². The SMILES string of the molecule is COCc1cccnc1-n1cc(CN2CCC3(CC2)OCCc2cc(Cl)sc23)c(C)n1.O=C(O)C(O)C(O)C(=O)O. The highest BCUT2D eigenvalue weighted by Crippen LogP contribution is 2.46. The van der Waals surface area contributed by atoms with Gasteiger partial charge < -0.3 is 29.9 Å². The second kappa shape index (κ2) is 13.4. The molecule has 3 aromatic heterocycles. The van der Waals surface area contributed by atoms with Crippen LogP contribution in [0.3, 0.4) is 0 Å². The lowest BCUT2D eigenvalue weighted by Gasteiger charge is -2.43. The fourth-order valence-electron chi connectivity index (χ4n) is 5.01. The van der Waals surface area contributed by atoms with E-state index in [0.717, 1.165) is 66.9 Å². The molecule has 222 valence electrons. The molecule has 0 amide bonds. The molecule has 5 heterocycles. The number of aliphatic carboxylic acids is 2. The van der Waals surface area contributed by atoms with Crippen LogP contribution in [-0.2, 0) is 44.2 Å². The summed E-state index contributed by atoms with van der Waals surface area (Å²) in [6.07, 6.45) is 2.35. The number of carboxylic acids is 2. The van der Waals surface area contributed by atoms with Crippen LogP contribution < -0.4 is 0 Å². The Hall–Kier alpha value is -2.91. The number of carbonyl (C=O) groups is 2. The number of ether oxygens (including phenoxy) is 2. The molecule has 1 saturated heterocycles. The molecule has 0 saturated carbocycles.